The van der Waals surface area contributed by atoms with Gasteiger partial charge in [-0.3, -0.25) is 4.79 Å². The fourth-order valence-electron chi connectivity index (χ4n) is 1.86. The smallest absolute Gasteiger partial charge is 0.328 e. The number of aliphatic hydroxyl groups excluding tert-OH is 1. The van der Waals surface area contributed by atoms with Crippen LogP contribution in [0.3, 0.4) is 0 Å². The van der Waals surface area contributed by atoms with Gasteiger partial charge < -0.3 is 21.3 Å². The van der Waals surface area contributed by atoms with Gasteiger partial charge in [-0.05, 0) is 25.3 Å². The van der Waals surface area contributed by atoms with E-state index in [-0.39, 0.29) is 12.3 Å². The van der Waals surface area contributed by atoms with Crippen LogP contribution >= 0.6 is 0 Å². The predicted octanol–water partition coefficient (Wildman–Crippen LogP) is 0.0934. The van der Waals surface area contributed by atoms with Crippen molar-refractivity contribution in [1.29, 1.82) is 0 Å². The predicted molar refractivity (Wildman–Crippen MR) is 68.0 cm³/mol. The van der Waals surface area contributed by atoms with Gasteiger partial charge in [-0.1, -0.05) is 19.8 Å². The number of aliphatic carboxylic acids is 1. The van der Waals surface area contributed by atoms with Gasteiger partial charge in [0.25, 0.3) is 0 Å². The van der Waals surface area contributed by atoms with E-state index in [1.165, 1.54) is 0 Å². The van der Waals surface area contributed by atoms with Crippen LogP contribution in [0.2, 0.25) is 0 Å². The molecule has 1 unspecified atom stereocenters. The Balaban J connectivity index is 4.02. The first-order chi connectivity index (χ1) is 8.54. The summed E-state index contributed by atoms with van der Waals surface area (Å²) in [6, 6.07) is -1.21. The third kappa shape index (κ3) is 7.24. The minimum Gasteiger partial charge on any atom is -0.480 e. The summed E-state index contributed by atoms with van der Waals surface area (Å²) in [5.74, 6) is -1.16. The molecule has 5 N–H and O–H groups in total. The van der Waals surface area contributed by atoms with E-state index >= 15 is 0 Å². The number of amides is 1. The second kappa shape index (κ2) is 9.85. The number of aliphatic hydroxyl groups is 1. The van der Waals surface area contributed by atoms with Crippen molar-refractivity contribution in [2.75, 3.05) is 13.2 Å². The molecule has 106 valence electrons. The molecule has 0 aliphatic heterocycles. The fraction of sp³-hybridized carbons (Fsp3) is 0.833. The Morgan fingerprint density at radius 2 is 1.94 bits per heavy atom. The average Bonchev–Trinajstić information content (AvgIpc) is 2.33. The summed E-state index contributed by atoms with van der Waals surface area (Å²) >= 11 is 0. The summed E-state index contributed by atoms with van der Waals surface area (Å²) in [7, 11) is 0. The lowest BCUT2D eigenvalue weighted by Gasteiger charge is -2.16. The lowest BCUT2D eigenvalue weighted by Crippen LogP contribution is -2.43. The molecule has 0 fully saturated rings. The van der Waals surface area contributed by atoms with Gasteiger partial charge in [0.15, 0.2) is 0 Å². The van der Waals surface area contributed by atoms with Crippen molar-refractivity contribution >= 4 is 11.9 Å². The SMILES string of the molecule is CCCC(CCN)CCC(=O)N[C@H](CO)C(=O)O. The molecule has 18 heavy (non-hydrogen) atoms. The molecule has 0 spiro atoms. The Bertz CT molecular complexity index is 252. The van der Waals surface area contributed by atoms with Gasteiger partial charge in [0.2, 0.25) is 5.91 Å². The maximum absolute atomic E-state index is 11.5. The van der Waals surface area contributed by atoms with E-state index in [4.69, 9.17) is 15.9 Å². The molecule has 0 aliphatic rings. The molecule has 1 amide bonds. The molecule has 2 atom stereocenters. The zero-order valence-electron chi connectivity index (χ0n) is 10.9. The lowest BCUT2D eigenvalue weighted by molar-refractivity contribution is -0.143. The number of hydrogen-bond donors (Lipinski definition) is 4. The van der Waals surface area contributed by atoms with E-state index < -0.39 is 18.6 Å². The first-order valence-corrected chi connectivity index (χ1v) is 6.38. The van der Waals surface area contributed by atoms with Gasteiger partial charge in [0.1, 0.15) is 6.04 Å². The summed E-state index contributed by atoms with van der Waals surface area (Å²) in [4.78, 5) is 22.1. The molecular weight excluding hydrogens is 236 g/mol. The molecule has 0 rings (SSSR count). The Labute approximate surface area is 108 Å². The van der Waals surface area contributed by atoms with E-state index in [2.05, 4.69) is 12.2 Å². The zero-order chi connectivity index (χ0) is 14.0. The summed E-state index contributed by atoms with van der Waals surface area (Å²) in [6.45, 7) is 2.08. The standard InChI is InChI=1S/C12H24N2O4/c1-2-3-9(6-7-13)4-5-11(16)14-10(8-15)12(17)18/h9-10,15H,2-8,13H2,1H3,(H,14,16)(H,17,18)/t9?,10-/m1/s1. The van der Waals surface area contributed by atoms with Crippen LogP contribution < -0.4 is 11.1 Å². The van der Waals surface area contributed by atoms with Crippen LogP contribution in [0.15, 0.2) is 0 Å². The van der Waals surface area contributed by atoms with Gasteiger partial charge in [-0.15, -0.1) is 0 Å². The molecule has 6 nitrogen and oxygen atoms in total. The van der Waals surface area contributed by atoms with E-state index in [1.54, 1.807) is 0 Å². The maximum Gasteiger partial charge on any atom is 0.328 e. The Morgan fingerprint density at radius 1 is 1.28 bits per heavy atom. The maximum atomic E-state index is 11.5. The second-order valence-electron chi connectivity index (χ2n) is 4.41. The van der Waals surface area contributed by atoms with Gasteiger partial charge >= 0.3 is 5.97 Å². The first-order valence-electron chi connectivity index (χ1n) is 6.38. The van der Waals surface area contributed by atoms with Gasteiger partial charge in [-0.2, -0.15) is 0 Å². The minimum absolute atomic E-state index is 0.272. The third-order valence-corrected chi connectivity index (χ3v) is 2.87. The number of carboxylic acids is 1. The summed E-state index contributed by atoms with van der Waals surface area (Å²) in [5.41, 5.74) is 5.50. The van der Waals surface area contributed by atoms with Crippen LogP contribution in [-0.2, 0) is 9.59 Å². The summed E-state index contributed by atoms with van der Waals surface area (Å²) in [5, 5.41) is 19.7. The number of carbonyl (C=O) groups excluding carboxylic acids is 1. The van der Waals surface area contributed by atoms with E-state index in [1.807, 2.05) is 0 Å². The number of rotatable bonds is 10. The van der Waals surface area contributed by atoms with Gasteiger partial charge in [0, 0.05) is 6.42 Å². The Kier molecular flexibility index (Phi) is 9.22. The number of hydrogen-bond acceptors (Lipinski definition) is 4. The summed E-state index contributed by atoms with van der Waals surface area (Å²) < 4.78 is 0. The Morgan fingerprint density at radius 3 is 2.39 bits per heavy atom. The highest BCUT2D eigenvalue weighted by atomic mass is 16.4. The fourth-order valence-corrected chi connectivity index (χ4v) is 1.86. The monoisotopic (exact) mass is 260 g/mol. The molecule has 0 aliphatic carbocycles. The van der Waals surface area contributed by atoms with Crippen molar-refractivity contribution in [2.24, 2.45) is 11.7 Å². The highest BCUT2D eigenvalue weighted by Crippen LogP contribution is 2.16. The van der Waals surface area contributed by atoms with Crippen LogP contribution in [0.1, 0.15) is 39.0 Å². The van der Waals surface area contributed by atoms with Crippen molar-refractivity contribution in [3.8, 4) is 0 Å². The molecule has 0 aromatic carbocycles. The highest BCUT2D eigenvalue weighted by molar-refractivity contribution is 5.83. The Hall–Kier alpha value is -1.14. The molecule has 6 heteroatoms. The third-order valence-electron chi connectivity index (χ3n) is 2.87. The van der Waals surface area contributed by atoms with E-state index in [9.17, 15) is 9.59 Å². The number of carboxylic acid groups (broad SMARTS) is 1. The lowest BCUT2D eigenvalue weighted by atomic mass is 9.94. The average molecular weight is 260 g/mol. The largest absolute Gasteiger partial charge is 0.480 e. The molecule has 0 bridgehead atoms. The quantitative estimate of drug-likeness (QED) is 0.445. The zero-order valence-corrected chi connectivity index (χ0v) is 10.9. The van der Waals surface area contributed by atoms with Crippen molar-refractivity contribution in [1.82, 2.24) is 5.32 Å². The number of nitrogens with two attached hydrogens (primary N) is 1. The number of nitrogens with one attached hydrogen (secondary N) is 1. The molecular formula is C12H24N2O4. The van der Waals surface area contributed by atoms with E-state index in [0.717, 1.165) is 19.3 Å². The normalized spacial score (nSPS) is 13.9. The summed E-state index contributed by atoms with van der Waals surface area (Å²) in [6.07, 6.45) is 3.92. The second-order valence-corrected chi connectivity index (χ2v) is 4.41. The molecule has 0 aromatic rings. The van der Waals surface area contributed by atoms with Gasteiger partial charge in [0.05, 0.1) is 6.61 Å². The minimum atomic E-state index is -1.22. The number of carbonyl (C=O) groups is 2. The van der Waals surface area contributed by atoms with Crippen LogP contribution in [0.4, 0.5) is 0 Å². The van der Waals surface area contributed by atoms with Crippen LogP contribution in [0.25, 0.3) is 0 Å². The molecule has 0 saturated carbocycles. The van der Waals surface area contributed by atoms with Crippen LogP contribution in [-0.4, -0.2) is 41.3 Å². The highest BCUT2D eigenvalue weighted by Gasteiger charge is 2.19. The van der Waals surface area contributed by atoms with Crippen molar-refractivity contribution in [3.63, 3.8) is 0 Å². The van der Waals surface area contributed by atoms with Crippen LogP contribution in [0, 0.1) is 5.92 Å². The molecule has 0 saturated heterocycles. The molecule has 0 heterocycles. The van der Waals surface area contributed by atoms with Gasteiger partial charge in [-0.25, -0.2) is 4.79 Å². The molecule has 0 aromatic heterocycles. The first kappa shape index (κ1) is 16.9. The van der Waals surface area contributed by atoms with Crippen molar-refractivity contribution in [3.05, 3.63) is 0 Å². The van der Waals surface area contributed by atoms with Crippen molar-refractivity contribution < 1.29 is 19.8 Å². The van der Waals surface area contributed by atoms with E-state index in [0.29, 0.717) is 18.9 Å². The topological polar surface area (TPSA) is 113 Å². The van der Waals surface area contributed by atoms with Crippen molar-refractivity contribution in [2.45, 2.75) is 45.1 Å². The molecule has 0 radical (unpaired) electrons. The van der Waals surface area contributed by atoms with Crippen LogP contribution in [0.5, 0.6) is 0 Å².